The number of fused-ring (bicyclic) bond motifs is 1. The summed E-state index contributed by atoms with van der Waals surface area (Å²) in [7, 11) is -3.20. The largest absolute Gasteiger partial charge is 0.326 e. The predicted octanol–water partition coefficient (Wildman–Crippen LogP) is 1.86. The van der Waals surface area contributed by atoms with E-state index in [-0.39, 0.29) is 17.7 Å². The van der Waals surface area contributed by atoms with Crippen LogP contribution in [0.5, 0.6) is 0 Å². The maximum absolute atomic E-state index is 12.4. The summed E-state index contributed by atoms with van der Waals surface area (Å²) in [5, 5.41) is 6.04. The Morgan fingerprint density at radius 2 is 1.92 bits per heavy atom. The maximum atomic E-state index is 12.4. The number of nitrogens with zero attached hydrogens (tertiary/aromatic N) is 2. The third kappa shape index (κ3) is 4.37. The van der Waals surface area contributed by atoms with Gasteiger partial charge >= 0.3 is 0 Å². The molecule has 1 aliphatic heterocycles. The summed E-state index contributed by atoms with van der Waals surface area (Å²) in [6.07, 6.45) is 2.18. The molecule has 1 fully saturated rings. The van der Waals surface area contributed by atoms with Crippen molar-refractivity contribution in [2.45, 2.75) is 19.8 Å². The zero-order valence-electron chi connectivity index (χ0n) is 14.5. The molecule has 10 heteroatoms. The fraction of sp³-hybridized carbons (Fsp3) is 0.438. The fourth-order valence-corrected chi connectivity index (χ4v) is 4.70. The molecule has 2 amide bonds. The monoisotopic (exact) mass is 396 g/mol. The van der Waals surface area contributed by atoms with Gasteiger partial charge in [0.15, 0.2) is 5.13 Å². The maximum Gasteiger partial charge on any atom is 0.229 e. The summed E-state index contributed by atoms with van der Waals surface area (Å²) in [5.74, 6) is -0.517. The number of piperidine rings is 1. The lowest BCUT2D eigenvalue weighted by Crippen LogP contribution is -2.40. The Hall–Kier alpha value is -2.04. The number of sulfonamides is 1. The van der Waals surface area contributed by atoms with Gasteiger partial charge in [0, 0.05) is 31.6 Å². The normalized spacial score (nSPS) is 16.5. The molecule has 0 aliphatic carbocycles. The van der Waals surface area contributed by atoms with Crippen molar-refractivity contribution in [2.75, 3.05) is 30.0 Å². The number of thiazole rings is 1. The van der Waals surface area contributed by atoms with Crippen molar-refractivity contribution in [3.05, 3.63) is 18.2 Å². The van der Waals surface area contributed by atoms with Crippen LogP contribution in [-0.2, 0) is 19.6 Å². The number of hydrogen-bond donors (Lipinski definition) is 2. The van der Waals surface area contributed by atoms with Crippen molar-refractivity contribution in [3.63, 3.8) is 0 Å². The lowest BCUT2D eigenvalue weighted by atomic mass is 9.97. The zero-order chi connectivity index (χ0) is 18.9. The van der Waals surface area contributed by atoms with Crippen LogP contribution >= 0.6 is 11.3 Å². The molecule has 2 N–H and O–H groups in total. The smallest absolute Gasteiger partial charge is 0.229 e. The summed E-state index contributed by atoms with van der Waals surface area (Å²) in [6, 6.07) is 5.36. The second-order valence-corrected chi connectivity index (χ2v) is 9.32. The predicted molar refractivity (Wildman–Crippen MR) is 102 cm³/mol. The molecule has 0 radical (unpaired) electrons. The number of amides is 2. The summed E-state index contributed by atoms with van der Waals surface area (Å²) in [5.41, 5.74) is 1.42. The Morgan fingerprint density at radius 3 is 2.54 bits per heavy atom. The van der Waals surface area contributed by atoms with Gasteiger partial charge in [-0.05, 0) is 31.0 Å². The molecular weight excluding hydrogens is 376 g/mol. The molecule has 1 aromatic heterocycles. The van der Waals surface area contributed by atoms with Gasteiger partial charge in [0.2, 0.25) is 21.8 Å². The van der Waals surface area contributed by atoms with Gasteiger partial charge < -0.3 is 10.6 Å². The molecule has 0 unspecified atom stereocenters. The van der Waals surface area contributed by atoms with Crippen molar-refractivity contribution in [1.82, 2.24) is 9.29 Å². The Labute approximate surface area is 155 Å². The van der Waals surface area contributed by atoms with Crippen LogP contribution in [0.25, 0.3) is 10.2 Å². The van der Waals surface area contributed by atoms with Crippen molar-refractivity contribution in [3.8, 4) is 0 Å². The van der Waals surface area contributed by atoms with Crippen molar-refractivity contribution in [2.24, 2.45) is 5.92 Å². The van der Waals surface area contributed by atoms with E-state index >= 15 is 0 Å². The molecule has 0 atom stereocenters. The van der Waals surface area contributed by atoms with E-state index in [0.717, 1.165) is 10.2 Å². The minimum Gasteiger partial charge on any atom is -0.326 e. The quantitative estimate of drug-likeness (QED) is 0.820. The van der Waals surface area contributed by atoms with E-state index in [9.17, 15) is 18.0 Å². The van der Waals surface area contributed by atoms with Gasteiger partial charge in [-0.2, -0.15) is 0 Å². The second-order valence-electron chi connectivity index (χ2n) is 6.31. The lowest BCUT2D eigenvalue weighted by Gasteiger charge is -2.29. The number of carbonyl (C=O) groups excluding carboxylic acids is 2. The molecular formula is C16H20N4O4S2. The third-order valence-corrected chi connectivity index (χ3v) is 6.47. The SMILES string of the molecule is CC(=O)Nc1ccc2nc(NC(=O)C3CCN(S(C)(=O)=O)CC3)sc2c1. The minimum absolute atomic E-state index is 0.140. The number of benzene rings is 1. The summed E-state index contributed by atoms with van der Waals surface area (Å²) >= 11 is 1.34. The number of hydrogen-bond acceptors (Lipinski definition) is 6. The molecule has 8 nitrogen and oxygen atoms in total. The first-order valence-electron chi connectivity index (χ1n) is 8.16. The fourth-order valence-electron chi connectivity index (χ4n) is 2.92. The van der Waals surface area contributed by atoms with E-state index in [4.69, 9.17) is 0 Å². The number of nitrogens with one attached hydrogen (secondary N) is 2. The molecule has 1 aliphatic rings. The van der Waals surface area contributed by atoms with Gasteiger partial charge in [-0.25, -0.2) is 17.7 Å². The first-order valence-corrected chi connectivity index (χ1v) is 10.8. The van der Waals surface area contributed by atoms with E-state index < -0.39 is 10.0 Å². The van der Waals surface area contributed by atoms with Gasteiger partial charge in [0.1, 0.15) is 0 Å². The Morgan fingerprint density at radius 1 is 1.23 bits per heavy atom. The van der Waals surface area contributed by atoms with Crippen LogP contribution in [0, 0.1) is 5.92 Å². The van der Waals surface area contributed by atoms with Crippen molar-refractivity contribution in [1.29, 1.82) is 0 Å². The highest BCUT2D eigenvalue weighted by Crippen LogP contribution is 2.29. The molecule has 0 spiro atoms. The van der Waals surface area contributed by atoms with Crippen LogP contribution in [0.1, 0.15) is 19.8 Å². The van der Waals surface area contributed by atoms with Crippen LogP contribution in [0.2, 0.25) is 0 Å². The highest BCUT2D eigenvalue weighted by atomic mass is 32.2. The number of anilines is 2. The topological polar surface area (TPSA) is 108 Å². The minimum atomic E-state index is -3.20. The van der Waals surface area contributed by atoms with E-state index in [0.29, 0.717) is 36.8 Å². The molecule has 0 bridgehead atoms. The third-order valence-electron chi connectivity index (χ3n) is 4.23. The Balaban J connectivity index is 1.65. The number of rotatable bonds is 4. The van der Waals surface area contributed by atoms with Gasteiger partial charge in [0.25, 0.3) is 0 Å². The summed E-state index contributed by atoms with van der Waals surface area (Å²) < 4.78 is 25.3. The van der Waals surface area contributed by atoms with Gasteiger partial charge in [0.05, 0.1) is 16.5 Å². The van der Waals surface area contributed by atoms with Crippen molar-refractivity contribution < 1.29 is 18.0 Å². The highest BCUT2D eigenvalue weighted by molar-refractivity contribution is 7.88. The van der Waals surface area contributed by atoms with Gasteiger partial charge in [-0.1, -0.05) is 11.3 Å². The number of carbonyl (C=O) groups is 2. The van der Waals surface area contributed by atoms with Crippen molar-refractivity contribution >= 4 is 54.2 Å². The van der Waals surface area contributed by atoms with Crippen LogP contribution in [0.3, 0.4) is 0 Å². The standard InChI is InChI=1S/C16H20N4O4S2/c1-10(21)17-12-3-4-13-14(9-12)25-16(18-13)19-15(22)11-5-7-20(8-6-11)26(2,23)24/h3-4,9,11H,5-8H2,1-2H3,(H,17,21)(H,18,19,22). The summed E-state index contributed by atoms with van der Waals surface area (Å²) in [4.78, 5) is 28.0. The van der Waals surface area contributed by atoms with E-state index in [1.807, 2.05) is 6.07 Å². The molecule has 2 heterocycles. The van der Waals surface area contributed by atoms with Crippen LogP contribution < -0.4 is 10.6 Å². The van der Waals surface area contributed by atoms with Crippen LogP contribution in [0.4, 0.5) is 10.8 Å². The zero-order valence-corrected chi connectivity index (χ0v) is 16.1. The van der Waals surface area contributed by atoms with Gasteiger partial charge in [-0.15, -0.1) is 0 Å². The van der Waals surface area contributed by atoms with Gasteiger partial charge in [-0.3, -0.25) is 9.59 Å². The first kappa shape index (κ1) is 18.7. The van der Waals surface area contributed by atoms with E-state index in [1.54, 1.807) is 12.1 Å². The molecule has 140 valence electrons. The molecule has 1 aromatic carbocycles. The average Bonchev–Trinajstić information content (AvgIpc) is 2.95. The molecule has 0 saturated carbocycles. The molecule has 2 aromatic rings. The Kier molecular flexibility index (Phi) is 5.26. The molecule has 3 rings (SSSR count). The second kappa shape index (κ2) is 7.29. The highest BCUT2D eigenvalue weighted by Gasteiger charge is 2.29. The Bertz CT molecular complexity index is 946. The van der Waals surface area contributed by atoms with E-state index in [1.165, 1.54) is 28.8 Å². The average molecular weight is 396 g/mol. The first-order chi connectivity index (χ1) is 12.2. The van der Waals surface area contributed by atoms with Crippen LogP contribution in [-0.4, -0.2) is 48.9 Å². The van der Waals surface area contributed by atoms with E-state index in [2.05, 4.69) is 15.6 Å². The van der Waals surface area contributed by atoms with Crippen LogP contribution in [0.15, 0.2) is 18.2 Å². The lowest BCUT2D eigenvalue weighted by molar-refractivity contribution is -0.121. The number of aromatic nitrogens is 1. The molecule has 26 heavy (non-hydrogen) atoms. The molecule has 1 saturated heterocycles. The summed E-state index contributed by atoms with van der Waals surface area (Å²) in [6.45, 7) is 2.16.